The Morgan fingerprint density at radius 1 is 1.03 bits per heavy atom. The summed E-state index contributed by atoms with van der Waals surface area (Å²) >= 11 is 0. The Labute approximate surface area is 191 Å². The van der Waals surface area contributed by atoms with Crippen molar-refractivity contribution in [2.45, 2.75) is 25.4 Å². The van der Waals surface area contributed by atoms with E-state index in [1.165, 1.54) is 12.8 Å². The van der Waals surface area contributed by atoms with E-state index in [1.54, 1.807) is 21.3 Å². The fraction of sp³-hybridized carbons (Fsp3) is 0.480. The molecule has 1 aliphatic rings. The van der Waals surface area contributed by atoms with Gasteiger partial charge in [-0.15, -0.1) is 0 Å². The Morgan fingerprint density at radius 3 is 2.44 bits per heavy atom. The Morgan fingerprint density at radius 2 is 1.78 bits per heavy atom. The van der Waals surface area contributed by atoms with Gasteiger partial charge in [0, 0.05) is 25.7 Å². The average molecular weight is 441 g/mol. The van der Waals surface area contributed by atoms with E-state index < -0.39 is 0 Å². The molecule has 0 bridgehead atoms. The second-order valence-electron chi connectivity index (χ2n) is 8.26. The molecule has 1 atom stereocenters. The van der Waals surface area contributed by atoms with Crippen LogP contribution in [0.25, 0.3) is 0 Å². The first-order chi connectivity index (χ1) is 15.5. The van der Waals surface area contributed by atoms with E-state index in [-0.39, 0.29) is 6.04 Å². The van der Waals surface area contributed by atoms with Crippen LogP contribution in [0.4, 0.5) is 0 Å². The van der Waals surface area contributed by atoms with Crippen LogP contribution in [0.5, 0.6) is 17.2 Å². The molecular formula is C25H36N4O3. The van der Waals surface area contributed by atoms with E-state index in [9.17, 15) is 0 Å². The number of hydrogen-bond donors (Lipinski definition) is 2. The van der Waals surface area contributed by atoms with Gasteiger partial charge in [-0.25, -0.2) is 0 Å². The van der Waals surface area contributed by atoms with E-state index in [0.29, 0.717) is 13.1 Å². The van der Waals surface area contributed by atoms with Crippen molar-refractivity contribution in [3.05, 3.63) is 53.6 Å². The first-order valence-electron chi connectivity index (χ1n) is 11.1. The van der Waals surface area contributed by atoms with Crippen molar-refractivity contribution in [1.29, 1.82) is 0 Å². The van der Waals surface area contributed by atoms with Gasteiger partial charge in [-0.3, -0.25) is 4.99 Å². The Balaban J connectivity index is 1.60. The number of nitrogens with zero attached hydrogens (tertiary/aromatic N) is 2. The number of nitrogens with one attached hydrogen (secondary N) is 2. The van der Waals surface area contributed by atoms with Crippen molar-refractivity contribution >= 4 is 5.96 Å². The molecule has 0 amide bonds. The third kappa shape index (κ3) is 6.53. The van der Waals surface area contributed by atoms with Gasteiger partial charge in [0.2, 0.25) is 0 Å². The minimum Gasteiger partial charge on any atom is -0.493 e. The first-order valence-corrected chi connectivity index (χ1v) is 11.1. The van der Waals surface area contributed by atoms with Gasteiger partial charge in [0.15, 0.2) is 17.5 Å². The number of benzene rings is 2. The zero-order chi connectivity index (χ0) is 22.9. The monoisotopic (exact) mass is 440 g/mol. The molecule has 1 unspecified atom stereocenters. The minimum atomic E-state index is 0.127. The van der Waals surface area contributed by atoms with E-state index in [2.05, 4.69) is 46.8 Å². The number of guanidine groups is 1. The summed E-state index contributed by atoms with van der Waals surface area (Å²) in [6, 6.07) is 14.3. The predicted molar refractivity (Wildman–Crippen MR) is 129 cm³/mol. The van der Waals surface area contributed by atoms with Crippen LogP contribution in [-0.4, -0.2) is 59.4 Å². The SMILES string of the molecule is CN=C(NCc1ccccc1OCC1CC1)NCC(c1ccc(OC)c(OC)c1)N(C)C. The second kappa shape index (κ2) is 11.6. The highest BCUT2D eigenvalue weighted by Crippen LogP contribution is 2.31. The summed E-state index contributed by atoms with van der Waals surface area (Å²) in [5.41, 5.74) is 2.26. The fourth-order valence-corrected chi connectivity index (χ4v) is 3.53. The maximum atomic E-state index is 6.03. The summed E-state index contributed by atoms with van der Waals surface area (Å²) in [7, 11) is 9.21. The fourth-order valence-electron chi connectivity index (χ4n) is 3.53. The lowest BCUT2D eigenvalue weighted by atomic mass is 10.1. The quantitative estimate of drug-likeness (QED) is 0.412. The van der Waals surface area contributed by atoms with Gasteiger partial charge in [0.25, 0.3) is 0 Å². The molecule has 0 saturated heterocycles. The van der Waals surface area contributed by atoms with Crippen LogP contribution in [-0.2, 0) is 6.54 Å². The van der Waals surface area contributed by atoms with Gasteiger partial charge < -0.3 is 29.7 Å². The van der Waals surface area contributed by atoms with Crippen LogP contribution in [0, 0.1) is 5.92 Å². The van der Waals surface area contributed by atoms with Crippen LogP contribution >= 0.6 is 0 Å². The van der Waals surface area contributed by atoms with Gasteiger partial charge >= 0.3 is 0 Å². The Hall–Kier alpha value is -2.93. The highest BCUT2D eigenvalue weighted by Gasteiger charge is 2.22. The van der Waals surface area contributed by atoms with Crippen molar-refractivity contribution in [1.82, 2.24) is 15.5 Å². The molecule has 2 aromatic carbocycles. The summed E-state index contributed by atoms with van der Waals surface area (Å²) in [5, 5.41) is 6.86. The molecule has 2 aromatic rings. The topological polar surface area (TPSA) is 67.4 Å². The molecular weight excluding hydrogens is 404 g/mol. The van der Waals surface area contributed by atoms with E-state index >= 15 is 0 Å². The summed E-state index contributed by atoms with van der Waals surface area (Å²) in [5.74, 6) is 3.86. The first kappa shape index (κ1) is 23.7. The van der Waals surface area contributed by atoms with Crippen LogP contribution in [0.1, 0.15) is 30.0 Å². The number of methoxy groups -OCH3 is 2. The predicted octanol–water partition coefficient (Wildman–Crippen LogP) is 3.46. The van der Waals surface area contributed by atoms with Crippen molar-refractivity contribution in [2.75, 3.05) is 48.5 Å². The van der Waals surface area contributed by atoms with Crippen LogP contribution in [0.3, 0.4) is 0 Å². The molecule has 1 aliphatic carbocycles. The van der Waals surface area contributed by atoms with Crippen molar-refractivity contribution in [3.63, 3.8) is 0 Å². The zero-order valence-corrected chi connectivity index (χ0v) is 19.9. The molecule has 32 heavy (non-hydrogen) atoms. The van der Waals surface area contributed by atoms with E-state index in [4.69, 9.17) is 14.2 Å². The molecule has 0 radical (unpaired) electrons. The molecule has 7 nitrogen and oxygen atoms in total. The lowest BCUT2D eigenvalue weighted by molar-refractivity contribution is 0.295. The van der Waals surface area contributed by atoms with Gasteiger partial charge in [-0.2, -0.15) is 0 Å². The van der Waals surface area contributed by atoms with Crippen molar-refractivity contribution in [3.8, 4) is 17.2 Å². The van der Waals surface area contributed by atoms with Crippen LogP contribution < -0.4 is 24.8 Å². The van der Waals surface area contributed by atoms with E-state index in [0.717, 1.165) is 46.9 Å². The number of ether oxygens (including phenoxy) is 3. The molecule has 2 N–H and O–H groups in total. The van der Waals surface area contributed by atoms with E-state index in [1.807, 2.05) is 30.3 Å². The molecule has 174 valence electrons. The number of hydrogen-bond acceptors (Lipinski definition) is 5. The molecule has 0 aromatic heterocycles. The lowest BCUT2D eigenvalue weighted by Gasteiger charge is -2.26. The number of aliphatic imine (C=N–C) groups is 1. The summed E-state index contributed by atoms with van der Waals surface area (Å²) < 4.78 is 16.9. The van der Waals surface area contributed by atoms with Gasteiger partial charge in [-0.05, 0) is 56.6 Å². The number of likely N-dealkylation sites (N-methyl/N-ethyl adjacent to an activating group) is 1. The third-order valence-electron chi connectivity index (χ3n) is 5.69. The molecule has 0 aliphatic heterocycles. The molecule has 1 saturated carbocycles. The van der Waals surface area contributed by atoms with Gasteiger partial charge in [0.1, 0.15) is 5.75 Å². The maximum absolute atomic E-state index is 6.03. The summed E-state index contributed by atoms with van der Waals surface area (Å²) in [4.78, 5) is 6.56. The standard InChI is InChI=1S/C25H36N4O3/c1-26-25(27-15-20-8-6-7-9-22(20)32-17-18-10-11-18)28-16-21(29(2)3)19-12-13-23(30-4)24(14-19)31-5/h6-9,12-14,18,21H,10-11,15-17H2,1-5H3,(H2,26,27,28). The van der Waals surface area contributed by atoms with Gasteiger partial charge in [0.05, 0.1) is 26.9 Å². The van der Waals surface area contributed by atoms with Crippen LogP contribution in [0.2, 0.25) is 0 Å². The Kier molecular flexibility index (Phi) is 8.62. The van der Waals surface area contributed by atoms with Gasteiger partial charge in [-0.1, -0.05) is 24.3 Å². The highest BCUT2D eigenvalue weighted by atomic mass is 16.5. The van der Waals surface area contributed by atoms with Crippen molar-refractivity contribution < 1.29 is 14.2 Å². The highest BCUT2D eigenvalue weighted by molar-refractivity contribution is 5.79. The summed E-state index contributed by atoms with van der Waals surface area (Å²) in [6.45, 7) is 2.13. The molecule has 3 rings (SSSR count). The molecule has 1 fully saturated rings. The zero-order valence-electron chi connectivity index (χ0n) is 19.9. The minimum absolute atomic E-state index is 0.127. The summed E-state index contributed by atoms with van der Waals surface area (Å²) in [6.07, 6.45) is 2.56. The number of para-hydroxylation sites is 1. The molecule has 0 spiro atoms. The lowest BCUT2D eigenvalue weighted by Crippen LogP contribution is -2.41. The van der Waals surface area contributed by atoms with Crippen molar-refractivity contribution in [2.24, 2.45) is 10.9 Å². The smallest absolute Gasteiger partial charge is 0.191 e. The second-order valence-corrected chi connectivity index (χ2v) is 8.26. The average Bonchev–Trinajstić information content (AvgIpc) is 3.64. The Bertz CT molecular complexity index is 897. The van der Waals surface area contributed by atoms with Crippen LogP contribution in [0.15, 0.2) is 47.5 Å². The third-order valence-corrected chi connectivity index (χ3v) is 5.69. The largest absolute Gasteiger partial charge is 0.493 e. The molecule has 7 heteroatoms. The maximum Gasteiger partial charge on any atom is 0.191 e. The molecule has 0 heterocycles. The normalized spacial score (nSPS) is 14.8. The number of rotatable bonds is 11.